The van der Waals surface area contributed by atoms with Gasteiger partial charge in [0.2, 0.25) is 5.79 Å². The van der Waals surface area contributed by atoms with Gasteiger partial charge in [-0.05, 0) is 95.1 Å². The number of carboxylic acids is 1. The summed E-state index contributed by atoms with van der Waals surface area (Å²) < 4.78 is 45.2. The van der Waals surface area contributed by atoms with Gasteiger partial charge in [0, 0.05) is 38.0 Å². The molecule has 0 saturated carbocycles. The lowest BCUT2D eigenvalue weighted by Crippen LogP contribution is -2.60. The van der Waals surface area contributed by atoms with Gasteiger partial charge in [-0.2, -0.15) is 0 Å². The number of carbonyl (C=O) groups is 1. The van der Waals surface area contributed by atoms with Crippen LogP contribution in [-0.4, -0.2) is 122 Å². The van der Waals surface area contributed by atoms with Gasteiger partial charge in [0.05, 0.1) is 43.2 Å². The van der Waals surface area contributed by atoms with Gasteiger partial charge in [-0.25, -0.2) is 4.79 Å². The van der Waals surface area contributed by atoms with Crippen molar-refractivity contribution in [3.63, 3.8) is 0 Å². The van der Waals surface area contributed by atoms with E-state index in [0.717, 1.165) is 50.7 Å². The predicted molar refractivity (Wildman–Crippen MR) is 208 cm³/mol. The van der Waals surface area contributed by atoms with Crippen LogP contribution in [0.2, 0.25) is 0 Å². The molecule has 6 fully saturated rings. The Morgan fingerprint density at radius 1 is 1.00 bits per heavy atom. The van der Waals surface area contributed by atoms with E-state index in [1.54, 1.807) is 6.08 Å². The maximum atomic E-state index is 11.6. The first-order valence-corrected chi connectivity index (χ1v) is 21.7. The Hall–Kier alpha value is -1.75. The summed E-state index contributed by atoms with van der Waals surface area (Å²) in [7, 11) is 0. The molecule has 7 aliphatic rings. The molecule has 17 atom stereocenters. The highest BCUT2D eigenvalue weighted by atomic mass is 16.7. The first-order chi connectivity index (χ1) is 26.9. The Bertz CT molecular complexity index is 1510. The summed E-state index contributed by atoms with van der Waals surface area (Å²) in [6.45, 7) is 14.5. The molecule has 0 bridgehead atoms. The van der Waals surface area contributed by atoms with E-state index >= 15 is 0 Å². The molecule has 57 heavy (non-hydrogen) atoms. The van der Waals surface area contributed by atoms with Gasteiger partial charge in [-0.3, -0.25) is 0 Å². The highest BCUT2D eigenvalue weighted by Gasteiger charge is 2.55. The minimum absolute atomic E-state index is 0.0423. The lowest BCUT2D eigenvalue weighted by Gasteiger charge is -2.50. The normalized spacial score (nSPS) is 45.4. The van der Waals surface area contributed by atoms with E-state index in [0.29, 0.717) is 56.4 Å². The molecule has 0 aromatic rings. The number of hydrogen-bond acceptors (Lipinski definition) is 12. The Balaban J connectivity index is 0.920. The van der Waals surface area contributed by atoms with Crippen molar-refractivity contribution in [3.05, 3.63) is 36.0 Å². The highest BCUT2D eigenvalue weighted by Crippen LogP contribution is 2.47. The van der Waals surface area contributed by atoms with Crippen molar-refractivity contribution in [1.29, 1.82) is 0 Å². The first-order valence-electron chi connectivity index (χ1n) is 21.7. The number of ether oxygens (including phenoxy) is 7. The fraction of sp³-hybridized carbons (Fsp3) is 0.841. The van der Waals surface area contributed by atoms with Crippen LogP contribution in [0.3, 0.4) is 0 Å². The molecule has 7 rings (SSSR count). The summed E-state index contributed by atoms with van der Waals surface area (Å²) in [6.07, 6.45) is 9.37. The molecule has 13 heteroatoms. The van der Waals surface area contributed by atoms with Crippen molar-refractivity contribution >= 4 is 5.97 Å². The van der Waals surface area contributed by atoms with E-state index < -0.39 is 71.7 Å². The van der Waals surface area contributed by atoms with Gasteiger partial charge >= 0.3 is 5.97 Å². The minimum Gasteiger partial charge on any atom is -0.479 e. The third-order valence-corrected chi connectivity index (χ3v) is 14.0. The van der Waals surface area contributed by atoms with Crippen LogP contribution in [0.1, 0.15) is 125 Å². The second-order valence-electron chi connectivity index (χ2n) is 18.9. The summed E-state index contributed by atoms with van der Waals surface area (Å²) in [6, 6.07) is 0. The maximum Gasteiger partial charge on any atom is 0.335 e. The van der Waals surface area contributed by atoms with Crippen molar-refractivity contribution in [3.8, 4) is 0 Å². The molecule has 0 radical (unpaired) electrons. The zero-order valence-electron chi connectivity index (χ0n) is 34.6. The van der Waals surface area contributed by atoms with Crippen molar-refractivity contribution < 1.29 is 63.5 Å². The lowest BCUT2D eigenvalue weighted by atomic mass is 9.79. The number of aliphatic carboxylic acids is 1. The highest BCUT2D eigenvalue weighted by molar-refractivity contribution is 5.76. The molecule has 5 N–H and O–H groups in total. The molecule has 0 amide bonds. The maximum absolute atomic E-state index is 11.6. The second-order valence-corrected chi connectivity index (χ2v) is 18.9. The monoisotopic (exact) mass is 804 g/mol. The van der Waals surface area contributed by atoms with Crippen molar-refractivity contribution in [1.82, 2.24) is 0 Å². The SMILES string of the molecule is C=C1[C@@H](O)[C@@H]2O[C@@]3(CC[C@@H]2O[C@@H]1[C@@H](O)C[C@H](C)[C@H]1O[C@@]2(CCCCO2)CC[C@H]1C)CC[C@H](/C=C/[C@@H](C)[C@@H]1CC(C)=C[C@@]2(O[C@H](C[C@@](C)(O)C(=O)O)CC[C@H]2O)O1)O3. The molecule has 7 heterocycles. The van der Waals surface area contributed by atoms with Crippen LogP contribution in [0.4, 0.5) is 0 Å². The number of fused-ring (bicyclic) bond motifs is 1. The fourth-order valence-corrected chi connectivity index (χ4v) is 10.5. The molecule has 0 aliphatic carbocycles. The molecule has 322 valence electrons. The van der Waals surface area contributed by atoms with Gasteiger partial charge in [-0.15, -0.1) is 0 Å². The molecular weight excluding hydrogens is 736 g/mol. The smallest absolute Gasteiger partial charge is 0.335 e. The van der Waals surface area contributed by atoms with Gasteiger partial charge in [0.15, 0.2) is 17.2 Å². The van der Waals surface area contributed by atoms with Gasteiger partial charge in [0.1, 0.15) is 24.4 Å². The number of rotatable bonds is 10. The number of carboxylic acid groups (broad SMARTS) is 1. The van der Waals surface area contributed by atoms with E-state index in [-0.39, 0.29) is 36.6 Å². The summed E-state index contributed by atoms with van der Waals surface area (Å²) >= 11 is 0. The third-order valence-electron chi connectivity index (χ3n) is 14.0. The molecule has 13 nitrogen and oxygen atoms in total. The van der Waals surface area contributed by atoms with E-state index in [9.17, 15) is 30.3 Å². The number of hydrogen-bond donors (Lipinski definition) is 5. The second kappa shape index (κ2) is 17.0. The van der Waals surface area contributed by atoms with Crippen molar-refractivity contribution in [2.24, 2.45) is 17.8 Å². The predicted octanol–water partition coefficient (Wildman–Crippen LogP) is 5.21. The summed E-state index contributed by atoms with van der Waals surface area (Å²) in [4.78, 5) is 11.6. The lowest BCUT2D eigenvalue weighted by molar-refractivity contribution is -0.321. The Kier molecular flexibility index (Phi) is 12.9. The number of aliphatic hydroxyl groups is 4. The molecular formula is C44H68O13. The number of aliphatic hydroxyl groups excluding tert-OH is 3. The van der Waals surface area contributed by atoms with Crippen LogP contribution in [0.25, 0.3) is 0 Å². The van der Waals surface area contributed by atoms with Gasteiger partial charge in [-0.1, -0.05) is 45.1 Å². The first kappa shape index (κ1) is 43.3. The molecule has 0 aromatic carbocycles. The summed E-state index contributed by atoms with van der Waals surface area (Å²) in [5.41, 5.74) is -0.551. The molecule has 0 aromatic heterocycles. The van der Waals surface area contributed by atoms with E-state index in [1.807, 2.05) is 19.9 Å². The Morgan fingerprint density at radius 2 is 1.75 bits per heavy atom. The summed E-state index contributed by atoms with van der Waals surface area (Å²) in [5, 5.41) is 54.0. The van der Waals surface area contributed by atoms with Crippen molar-refractivity contribution in [2.75, 3.05) is 6.61 Å². The Morgan fingerprint density at radius 3 is 2.49 bits per heavy atom. The average Bonchev–Trinajstić information content (AvgIpc) is 3.56. The van der Waals surface area contributed by atoms with Crippen LogP contribution in [-0.2, 0) is 38.0 Å². The minimum atomic E-state index is -1.96. The third kappa shape index (κ3) is 9.15. The van der Waals surface area contributed by atoms with Crippen LogP contribution >= 0.6 is 0 Å². The Labute approximate surface area is 337 Å². The zero-order chi connectivity index (χ0) is 40.9. The van der Waals surface area contributed by atoms with Crippen LogP contribution < -0.4 is 0 Å². The largest absolute Gasteiger partial charge is 0.479 e. The molecule has 0 unspecified atom stereocenters. The standard InChI is InChI=1S/C44H68O13/c1-25-21-34(55-44(23-25)35(46)12-11-31(54-44)24-41(6,50)40(48)49)26(2)9-10-30-14-18-43(53-30)19-15-33-39(57-43)36(47)29(5)38(52-33)32(45)22-28(4)37-27(3)13-17-42(56-37)16-7-8-20-51-42/h9-10,23,26-28,30-39,45-47,50H,5,7-8,11-22,24H2,1-4,6H3,(H,48,49)/b10-9+/t26-,27-,28+,30+,31+,32+,33+,34+,35-,36-,37+,38+,39-,41-,42+,43-,44-/m1/s1. The topological polar surface area (TPSA) is 183 Å². The molecule has 3 spiro atoms. The zero-order valence-corrected chi connectivity index (χ0v) is 34.6. The van der Waals surface area contributed by atoms with Gasteiger partial charge in [0.25, 0.3) is 0 Å². The quantitative estimate of drug-likeness (QED) is 0.182. The fourth-order valence-electron chi connectivity index (χ4n) is 10.5. The molecule has 7 aliphatic heterocycles. The van der Waals surface area contributed by atoms with E-state index in [4.69, 9.17) is 33.2 Å². The van der Waals surface area contributed by atoms with Crippen molar-refractivity contribution in [2.45, 2.75) is 209 Å². The summed E-state index contributed by atoms with van der Waals surface area (Å²) in [5.74, 6) is -3.82. The van der Waals surface area contributed by atoms with Crippen LogP contribution in [0.15, 0.2) is 36.0 Å². The van der Waals surface area contributed by atoms with Crippen LogP contribution in [0, 0.1) is 17.8 Å². The van der Waals surface area contributed by atoms with Crippen LogP contribution in [0.5, 0.6) is 0 Å². The van der Waals surface area contributed by atoms with E-state index in [2.05, 4.69) is 26.5 Å². The van der Waals surface area contributed by atoms with E-state index in [1.165, 1.54) is 6.92 Å². The molecule has 6 saturated heterocycles. The average molecular weight is 805 g/mol. The van der Waals surface area contributed by atoms with Gasteiger partial charge < -0.3 is 58.7 Å².